The van der Waals surface area contributed by atoms with Crippen LogP contribution >= 0.6 is 0 Å². The molecule has 1 atom stereocenters. The van der Waals surface area contributed by atoms with Crippen molar-refractivity contribution >= 4 is 11.6 Å². The third kappa shape index (κ3) is 3.60. The summed E-state index contributed by atoms with van der Waals surface area (Å²) in [6.45, 7) is 9.04. The average molecular weight is 278 g/mol. The molecule has 1 aliphatic heterocycles. The minimum atomic E-state index is 0.323. The molecule has 2 heterocycles. The minimum absolute atomic E-state index is 0.323. The van der Waals surface area contributed by atoms with Gasteiger partial charge in [-0.1, -0.05) is 13.8 Å². The molecule has 1 aromatic rings. The SMILES string of the molecule is CCOC1CCCN(c2cc(NC)nc(C(C)C)n2)C1. The summed E-state index contributed by atoms with van der Waals surface area (Å²) in [5.41, 5.74) is 0. The Labute approximate surface area is 121 Å². The Morgan fingerprint density at radius 1 is 1.45 bits per heavy atom. The van der Waals surface area contributed by atoms with Crippen LogP contribution in [-0.4, -0.2) is 42.8 Å². The molecule has 5 heteroatoms. The molecule has 0 amide bonds. The smallest absolute Gasteiger partial charge is 0.135 e. The van der Waals surface area contributed by atoms with Crippen molar-refractivity contribution in [3.8, 4) is 0 Å². The number of ether oxygens (including phenoxy) is 1. The standard InChI is InChI=1S/C15H26N4O/c1-5-20-12-7-6-8-19(10-12)14-9-13(16-4)17-15(18-14)11(2)3/h9,11-12H,5-8,10H2,1-4H3,(H,16,17,18). The highest BCUT2D eigenvalue weighted by Gasteiger charge is 2.22. The molecule has 0 radical (unpaired) electrons. The molecule has 0 aliphatic carbocycles. The van der Waals surface area contributed by atoms with Gasteiger partial charge in [0.1, 0.15) is 17.5 Å². The third-order valence-electron chi connectivity index (χ3n) is 3.61. The summed E-state index contributed by atoms with van der Waals surface area (Å²) < 4.78 is 5.77. The van der Waals surface area contributed by atoms with E-state index in [4.69, 9.17) is 9.72 Å². The summed E-state index contributed by atoms with van der Waals surface area (Å²) in [6, 6.07) is 2.03. The Morgan fingerprint density at radius 2 is 2.25 bits per heavy atom. The van der Waals surface area contributed by atoms with Crippen molar-refractivity contribution in [3.63, 3.8) is 0 Å². The van der Waals surface area contributed by atoms with Crippen LogP contribution in [0.15, 0.2) is 6.07 Å². The molecule has 2 rings (SSSR count). The predicted octanol–water partition coefficient (Wildman–Crippen LogP) is 2.65. The number of nitrogens with zero attached hydrogens (tertiary/aromatic N) is 3. The molecule has 1 unspecified atom stereocenters. The number of nitrogens with one attached hydrogen (secondary N) is 1. The normalized spacial score (nSPS) is 19.4. The van der Waals surface area contributed by atoms with Crippen LogP contribution in [0.1, 0.15) is 45.4 Å². The van der Waals surface area contributed by atoms with Gasteiger partial charge >= 0.3 is 0 Å². The number of rotatable bonds is 5. The number of hydrogen-bond donors (Lipinski definition) is 1. The Hall–Kier alpha value is -1.36. The Bertz CT molecular complexity index is 434. The molecule has 1 aromatic heterocycles. The summed E-state index contributed by atoms with van der Waals surface area (Å²) in [7, 11) is 1.90. The van der Waals surface area contributed by atoms with E-state index >= 15 is 0 Å². The van der Waals surface area contributed by atoms with Crippen molar-refractivity contribution in [3.05, 3.63) is 11.9 Å². The second-order valence-electron chi connectivity index (χ2n) is 5.54. The van der Waals surface area contributed by atoms with E-state index in [0.29, 0.717) is 12.0 Å². The number of hydrogen-bond acceptors (Lipinski definition) is 5. The maximum atomic E-state index is 5.77. The van der Waals surface area contributed by atoms with Gasteiger partial charge in [0.15, 0.2) is 0 Å². The first-order chi connectivity index (χ1) is 9.63. The lowest BCUT2D eigenvalue weighted by molar-refractivity contribution is 0.0525. The number of anilines is 2. The first kappa shape index (κ1) is 15.0. The van der Waals surface area contributed by atoms with Crippen LogP contribution in [-0.2, 0) is 4.74 Å². The summed E-state index contributed by atoms with van der Waals surface area (Å²) in [4.78, 5) is 11.6. The van der Waals surface area contributed by atoms with Crippen LogP contribution in [0.25, 0.3) is 0 Å². The molecule has 20 heavy (non-hydrogen) atoms. The van der Waals surface area contributed by atoms with E-state index in [0.717, 1.165) is 50.0 Å². The van der Waals surface area contributed by atoms with Gasteiger partial charge in [-0.15, -0.1) is 0 Å². The lowest BCUT2D eigenvalue weighted by Crippen LogP contribution is -2.40. The summed E-state index contributed by atoms with van der Waals surface area (Å²) in [5.74, 6) is 3.12. The zero-order valence-electron chi connectivity index (χ0n) is 13.0. The van der Waals surface area contributed by atoms with E-state index in [1.807, 2.05) is 13.1 Å². The van der Waals surface area contributed by atoms with Crippen molar-refractivity contribution in [1.82, 2.24) is 9.97 Å². The molecule has 1 N–H and O–H groups in total. The fraction of sp³-hybridized carbons (Fsp3) is 0.733. The van der Waals surface area contributed by atoms with Crippen molar-refractivity contribution < 1.29 is 4.74 Å². The monoisotopic (exact) mass is 278 g/mol. The lowest BCUT2D eigenvalue weighted by atomic mass is 10.1. The van der Waals surface area contributed by atoms with Gasteiger partial charge in [0.05, 0.1) is 6.10 Å². The van der Waals surface area contributed by atoms with Gasteiger partial charge in [0, 0.05) is 38.7 Å². The fourth-order valence-corrected chi connectivity index (χ4v) is 2.52. The van der Waals surface area contributed by atoms with Crippen LogP contribution in [0, 0.1) is 0 Å². The van der Waals surface area contributed by atoms with E-state index < -0.39 is 0 Å². The highest BCUT2D eigenvalue weighted by Crippen LogP contribution is 2.23. The second kappa shape index (κ2) is 6.88. The second-order valence-corrected chi connectivity index (χ2v) is 5.54. The molecule has 0 bridgehead atoms. The quantitative estimate of drug-likeness (QED) is 0.897. The van der Waals surface area contributed by atoms with Crippen molar-refractivity contribution in [2.24, 2.45) is 0 Å². The average Bonchev–Trinajstić information content (AvgIpc) is 2.47. The molecule has 1 saturated heterocycles. The van der Waals surface area contributed by atoms with Crippen LogP contribution in [0.4, 0.5) is 11.6 Å². The molecule has 5 nitrogen and oxygen atoms in total. The topological polar surface area (TPSA) is 50.3 Å². The highest BCUT2D eigenvalue weighted by atomic mass is 16.5. The summed E-state index contributed by atoms with van der Waals surface area (Å²) in [5, 5.41) is 3.13. The lowest BCUT2D eigenvalue weighted by Gasteiger charge is -2.33. The number of aromatic nitrogens is 2. The Morgan fingerprint density at radius 3 is 2.90 bits per heavy atom. The first-order valence-corrected chi connectivity index (χ1v) is 7.57. The van der Waals surface area contributed by atoms with Crippen molar-refractivity contribution in [2.75, 3.05) is 37.0 Å². The summed E-state index contributed by atoms with van der Waals surface area (Å²) in [6.07, 6.45) is 2.62. The largest absolute Gasteiger partial charge is 0.377 e. The van der Waals surface area contributed by atoms with Gasteiger partial charge in [-0.3, -0.25) is 0 Å². The van der Waals surface area contributed by atoms with Crippen molar-refractivity contribution in [2.45, 2.75) is 45.6 Å². The fourth-order valence-electron chi connectivity index (χ4n) is 2.52. The predicted molar refractivity (Wildman–Crippen MR) is 82.5 cm³/mol. The van der Waals surface area contributed by atoms with E-state index in [9.17, 15) is 0 Å². The van der Waals surface area contributed by atoms with Crippen LogP contribution in [0.2, 0.25) is 0 Å². The van der Waals surface area contributed by atoms with Gasteiger partial charge < -0.3 is 15.0 Å². The molecule has 1 aliphatic rings. The van der Waals surface area contributed by atoms with E-state index in [1.165, 1.54) is 0 Å². The van der Waals surface area contributed by atoms with Crippen LogP contribution < -0.4 is 10.2 Å². The molecule has 0 saturated carbocycles. The first-order valence-electron chi connectivity index (χ1n) is 7.57. The Kier molecular flexibility index (Phi) is 5.17. The van der Waals surface area contributed by atoms with Gasteiger partial charge in [0.2, 0.25) is 0 Å². The van der Waals surface area contributed by atoms with E-state index in [2.05, 4.69) is 36.0 Å². The van der Waals surface area contributed by atoms with Gasteiger partial charge in [-0.25, -0.2) is 9.97 Å². The van der Waals surface area contributed by atoms with Crippen LogP contribution in [0.3, 0.4) is 0 Å². The molecule has 1 fully saturated rings. The zero-order chi connectivity index (χ0) is 14.5. The van der Waals surface area contributed by atoms with Crippen molar-refractivity contribution in [1.29, 1.82) is 0 Å². The number of piperidine rings is 1. The van der Waals surface area contributed by atoms with Gasteiger partial charge in [-0.05, 0) is 19.8 Å². The molecular weight excluding hydrogens is 252 g/mol. The van der Waals surface area contributed by atoms with Crippen LogP contribution in [0.5, 0.6) is 0 Å². The molecular formula is C15H26N4O. The maximum absolute atomic E-state index is 5.77. The maximum Gasteiger partial charge on any atom is 0.135 e. The summed E-state index contributed by atoms with van der Waals surface area (Å²) >= 11 is 0. The zero-order valence-corrected chi connectivity index (χ0v) is 13.0. The molecule has 112 valence electrons. The van der Waals surface area contributed by atoms with E-state index in [-0.39, 0.29) is 0 Å². The van der Waals surface area contributed by atoms with Gasteiger partial charge in [-0.2, -0.15) is 0 Å². The molecule has 0 spiro atoms. The van der Waals surface area contributed by atoms with Gasteiger partial charge in [0.25, 0.3) is 0 Å². The highest BCUT2D eigenvalue weighted by molar-refractivity contribution is 5.49. The molecule has 0 aromatic carbocycles. The third-order valence-corrected chi connectivity index (χ3v) is 3.61. The Balaban J connectivity index is 2.20. The minimum Gasteiger partial charge on any atom is -0.377 e. The van der Waals surface area contributed by atoms with E-state index in [1.54, 1.807) is 0 Å².